The Hall–Kier alpha value is -1.75. The summed E-state index contributed by atoms with van der Waals surface area (Å²) in [6.45, 7) is 2.62. The molecule has 19 heavy (non-hydrogen) atoms. The summed E-state index contributed by atoms with van der Waals surface area (Å²) in [5.41, 5.74) is 0.210. The molecular weight excluding hydrogens is 246 g/mol. The van der Waals surface area contributed by atoms with E-state index in [1.165, 1.54) is 0 Å². The van der Waals surface area contributed by atoms with Gasteiger partial charge in [-0.2, -0.15) is 0 Å². The van der Waals surface area contributed by atoms with Crippen LogP contribution in [0.25, 0.3) is 0 Å². The highest BCUT2D eigenvalue weighted by molar-refractivity contribution is 6.01. The lowest BCUT2D eigenvalue weighted by Gasteiger charge is -2.35. The van der Waals surface area contributed by atoms with Crippen LogP contribution in [-0.2, 0) is 0 Å². The number of nitrogens with one attached hydrogen (secondary N) is 1. The molecule has 1 atom stereocenters. The number of carbonyl (C=O) groups is 1. The van der Waals surface area contributed by atoms with E-state index in [-0.39, 0.29) is 5.78 Å². The zero-order valence-electron chi connectivity index (χ0n) is 10.5. The summed E-state index contributed by atoms with van der Waals surface area (Å²) >= 11 is 0. The molecule has 3 aliphatic rings. The van der Waals surface area contributed by atoms with Crippen LogP contribution < -0.4 is 19.5 Å². The van der Waals surface area contributed by atoms with Crippen molar-refractivity contribution in [2.24, 2.45) is 0 Å². The molecule has 0 aromatic heterocycles. The maximum atomic E-state index is 12.3. The van der Waals surface area contributed by atoms with Crippen LogP contribution in [0.3, 0.4) is 0 Å². The molecule has 0 radical (unpaired) electrons. The van der Waals surface area contributed by atoms with E-state index in [2.05, 4.69) is 5.32 Å². The fourth-order valence-corrected chi connectivity index (χ4v) is 3.01. The Balaban J connectivity index is 1.83. The number of Topliss-reactive ketones (excluding diaryl/α,β-unsaturated/α-hetero) is 1. The van der Waals surface area contributed by atoms with E-state index in [1.54, 1.807) is 12.1 Å². The highest BCUT2D eigenvalue weighted by atomic mass is 16.6. The van der Waals surface area contributed by atoms with Gasteiger partial charge in [0.2, 0.25) is 5.75 Å². The second-order valence-corrected chi connectivity index (χ2v) is 5.28. The van der Waals surface area contributed by atoms with Gasteiger partial charge in [0.15, 0.2) is 17.3 Å². The van der Waals surface area contributed by atoms with Gasteiger partial charge in [0.25, 0.3) is 0 Å². The average Bonchev–Trinajstić information content (AvgIpc) is 2.86. The minimum atomic E-state index is -0.403. The first-order chi connectivity index (χ1) is 9.27. The third-order valence-corrected chi connectivity index (χ3v) is 3.97. The van der Waals surface area contributed by atoms with Crippen LogP contribution in [0.4, 0.5) is 0 Å². The summed E-state index contributed by atoms with van der Waals surface area (Å²) in [7, 11) is 0. The molecule has 5 heteroatoms. The first-order valence-corrected chi connectivity index (χ1v) is 6.63. The van der Waals surface area contributed by atoms with Gasteiger partial charge in [0.1, 0.15) is 18.8 Å². The van der Waals surface area contributed by atoms with E-state index < -0.39 is 5.60 Å². The maximum absolute atomic E-state index is 12.3. The third kappa shape index (κ3) is 1.61. The van der Waals surface area contributed by atoms with E-state index >= 15 is 0 Å². The number of fused-ring (bicyclic) bond motifs is 3. The highest BCUT2D eigenvalue weighted by Gasteiger charge is 2.44. The van der Waals surface area contributed by atoms with Crippen LogP contribution in [-0.4, -0.2) is 37.7 Å². The summed E-state index contributed by atoms with van der Waals surface area (Å²) in [4.78, 5) is 12.3. The zero-order chi connectivity index (χ0) is 12.9. The van der Waals surface area contributed by atoms with Gasteiger partial charge in [-0.05, 0) is 18.7 Å². The fourth-order valence-electron chi connectivity index (χ4n) is 3.01. The number of ketones is 1. The number of benzene rings is 1. The molecule has 1 spiro atoms. The standard InChI is InChI=1S/C14H15NO4/c16-10-7-14(3-4-15-8-14)19-12-9(10)1-2-11-13(12)18-6-5-17-11/h1-2,15H,3-8H2. The fraction of sp³-hybridized carbons (Fsp3) is 0.500. The molecule has 3 aliphatic heterocycles. The molecule has 3 heterocycles. The predicted molar refractivity (Wildman–Crippen MR) is 67.2 cm³/mol. The zero-order valence-corrected chi connectivity index (χ0v) is 10.5. The molecule has 1 N–H and O–H groups in total. The van der Waals surface area contributed by atoms with Crippen molar-refractivity contribution in [2.45, 2.75) is 18.4 Å². The molecule has 1 aromatic rings. The molecule has 0 bridgehead atoms. The summed E-state index contributed by atoms with van der Waals surface area (Å²) in [5, 5.41) is 3.26. The Morgan fingerprint density at radius 1 is 1.16 bits per heavy atom. The minimum Gasteiger partial charge on any atom is -0.486 e. The van der Waals surface area contributed by atoms with Crippen LogP contribution in [0, 0.1) is 0 Å². The third-order valence-electron chi connectivity index (χ3n) is 3.97. The number of ether oxygens (including phenoxy) is 3. The summed E-state index contributed by atoms with van der Waals surface area (Å²) < 4.78 is 17.4. The van der Waals surface area contributed by atoms with Crippen molar-refractivity contribution < 1.29 is 19.0 Å². The molecule has 0 amide bonds. The van der Waals surface area contributed by atoms with Gasteiger partial charge in [-0.1, -0.05) is 0 Å². The second kappa shape index (κ2) is 3.87. The van der Waals surface area contributed by atoms with Gasteiger partial charge in [0, 0.05) is 13.0 Å². The molecule has 100 valence electrons. The number of rotatable bonds is 0. The summed E-state index contributed by atoms with van der Waals surface area (Å²) in [6, 6.07) is 3.57. The Morgan fingerprint density at radius 2 is 2.05 bits per heavy atom. The van der Waals surface area contributed by atoms with E-state index in [4.69, 9.17) is 14.2 Å². The summed E-state index contributed by atoms with van der Waals surface area (Å²) in [5.74, 6) is 1.95. The molecule has 1 fully saturated rings. The van der Waals surface area contributed by atoms with Crippen molar-refractivity contribution >= 4 is 5.78 Å². The lowest BCUT2D eigenvalue weighted by molar-refractivity contribution is 0.0477. The molecule has 1 unspecified atom stereocenters. The number of hydrogen-bond acceptors (Lipinski definition) is 5. The minimum absolute atomic E-state index is 0.127. The van der Waals surface area contributed by atoms with Crippen LogP contribution in [0.2, 0.25) is 0 Å². The van der Waals surface area contributed by atoms with Crippen molar-refractivity contribution in [1.29, 1.82) is 0 Å². The van der Waals surface area contributed by atoms with Gasteiger partial charge < -0.3 is 19.5 Å². The molecule has 4 rings (SSSR count). The topological polar surface area (TPSA) is 56.8 Å². The Bertz CT molecular complexity index is 549. The first kappa shape index (κ1) is 11.1. The van der Waals surface area contributed by atoms with Gasteiger partial charge in [-0.3, -0.25) is 4.79 Å². The largest absolute Gasteiger partial charge is 0.486 e. The first-order valence-electron chi connectivity index (χ1n) is 6.63. The number of hydrogen-bond donors (Lipinski definition) is 1. The van der Waals surface area contributed by atoms with Gasteiger partial charge in [-0.15, -0.1) is 0 Å². The van der Waals surface area contributed by atoms with Crippen LogP contribution >= 0.6 is 0 Å². The second-order valence-electron chi connectivity index (χ2n) is 5.28. The van der Waals surface area contributed by atoms with Gasteiger partial charge in [0.05, 0.1) is 12.0 Å². The van der Waals surface area contributed by atoms with Crippen LogP contribution in [0.5, 0.6) is 17.2 Å². The lowest BCUT2D eigenvalue weighted by Crippen LogP contribution is -2.44. The van der Waals surface area contributed by atoms with Crippen molar-refractivity contribution in [3.05, 3.63) is 17.7 Å². The van der Waals surface area contributed by atoms with Crippen molar-refractivity contribution in [3.8, 4) is 17.2 Å². The number of carbonyl (C=O) groups excluding carboxylic acids is 1. The molecular formula is C14H15NO4. The SMILES string of the molecule is O=C1CC2(CCNC2)Oc2c1ccc1c2OCCO1. The van der Waals surface area contributed by atoms with Crippen molar-refractivity contribution in [1.82, 2.24) is 5.32 Å². The molecule has 1 aromatic carbocycles. The Morgan fingerprint density at radius 3 is 2.89 bits per heavy atom. The van der Waals surface area contributed by atoms with E-state index in [1.807, 2.05) is 0 Å². The highest BCUT2D eigenvalue weighted by Crippen LogP contribution is 2.47. The maximum Gasteiger partial charge on any atom is 0.204 e. The van der Waals surface area contributed by atoms with Gasteiger partial charge >= 0.3 is 0 Å². The van der Waals surface area contributed by atoms with Crippen LogP contribution in [0.1, 0.15) is 23.2 Å². The van der Waals surface area contributed by atoms with Gasteiger partial charge in [-0.25, -0.2) is 0 Å². The quantitative estimate of drug-likeness (QED) is 0.759. The lowest BCUT2D eigenvalue weighted by atomic mass is 9.89. The predicted octanol–water partition coefficient (Wildman–Crippen LogP) is 1.16. The molecule has 1 saturated heterocycles. The van der Waals surface area contributed by atoms with E-state index in [0.29, 0.717) is 49.0 Å². The van der Waals surface area contributed by atoms with Crippen molar-refractivity contribution in [3.63, 3.8) is 0 Å². The Labute approximate surface area is 110 Å². The summed E-state index contributed by atoms with van der Waals surface area (Å²) in [6.07, 6.45) is 1.29. The van der Waals surface area contributed by atoms with Crippen LogP contribution in [0.15, 0.2) is 12.1 Å². The molecule has 0 aliphatic carbocycles. The monoisotopic (exact) mass is 261 g/mol. The molecule has 5 nitrogen and oxygen atoms in total. The van der Waals surface area contributed by atoms with Crippen molar-refractivity contribution in [2.75, 3.05) is 26.3 Å². The normalized spacial score (nSPS) is 28.1. The van der Waals surface area contributed by atoms with E-state index in [0.717, 1.165) is 13.0 Å². The average molecular weight is 261 g/mol. The smallest absolute Gasteiger partial charge is 0.204 e. The molecule has 0 saturated carbocycles. The Kier molecular flexibility index (Phi) is 2.26. The van der Waals surface area contributed by atoms with E-state index in [9.17, 15) is 4.79 Å².